The molecule has 0 radical (unpaired) electrons. The van der Waals surface area contributed by atoms with Crippen LogP contribution in [0.15, 0.2) is 41.6 Å². The summed E-state index contributed by atoms with van der Waals surface area (Å²) in [6.07, 6.45) is 7.65. The van der Waals surface area contributed by atoms with Gasteiger partial charge in [0.25, 0.3) is 0 Å². The van der Waals surface area contributed by atoms with E-state index in [1.165, 1.54) is 6.20 Å². The summed E-state index contributed by atoms with van der Waals surface area (Å²) < 4.78 is 0. The third-order valence-electron chi connectivity index (χ3n) is 3.00. The number of pyridine rings is 1. The van der Waals surface area contributed by atoms with Crippen molar-refractivity contribution >= 4 is 29.1 Å². The Kier molecular flexibility index (Phi) is 4.93. The quantitative estimate of drug-likeness (QED) is 0.642. The number of hydrogen-bond donors (Lipinski definition) is 2. The summed E-state index contributed by atoms with van der Waals surface area (Å²) in [4.78, 5) is 25.7. The van der Waals surface area contributed by atoms with E-state index in [9.17, 15) is 9.59 Å². The molecule has 6 heteroatoms. The van der Waals surface area contributed by atoms with E-state index in [1.54, 1.807) is 12.1 Å². The minimum absolute atomic E-state index is 0.0882. The standard InChI is InChI=1S/C15H14ClN3O2/c16-14-6-13(12(8-19-14)5-15(17)21)18-7-10-2-1-3-11(4-10)9-20/h1-3,6,8H,4-5,7H2,(H2,17,21)(H,18,19). The van der Waals surface area contributed by atoms with Crippen molar-refractivity contribution in [1.29, 1.82) is 0 Å². The fraction of sp³-hybridized carbons (Fsp3) is 0.200. The first-order valence-electron chi connectivity index (χ1n) is 6.35. The van der Waals surface area contributed by atoms with Crippen molar-refractivity contribution in [3.63, 3.8) is 0 Å². The normalized spacial score (nSPS) is 13.6. The summed E-state index contributed by atoms with van der Waals surface area (Å²) in [7, 11) is 0. The molecule has 1 amide bonds. The number of halogens is 1. The van der Waals surface area contributed by atoms with Crippen LogP contribution < -0.4 is 11.1 Å². The van der Waals surface area contributed by atoms with Gasteiger partial charge in [0.2, 0.25) is 5.91 Å². The molecular formula is C15H14ClN3O2. The number of amides is 1. The molecule has 5 nitrogen and oxygen atoms in total. The molecule has 108 valence electrons. The topological polar surface area (TPSA) is 85.1 Å². The number of anilines is 1. The lowest BCUT2D eigenvalue weighted by molar-refractivity contribution is -0.117. The molecule has 0 saturated heterocycles. The Morgan fingerprint density at radius 1 is 1.52 bits per heavy atom. The van der Waals surface area contributed by atoms with Crippen molar-refractivity contribution in [1.82, 2.24) is 4.98 Å². The highest BCUT2D eigenvalue weighted by atomic mass is 35.5. The predicted molar refractivity (Wildman–Crippen MR) is 81.7 cm³/mol. The summed E-state index contributed by atoms with van der Waals surface area (Å²) in [5.74, 6) is 1.46. The number of nitrogens with zero attached hydrogens (tertiary/aromatic N) is 1. The highest BCUT2D eigenvalue weighted by Gasteiger charge is 2.09. The fourth-order valence-electron chi connectivity index (χ4n) is 2.01. The largest absolute Gasteiger partial charge is 0.381 e. The van der Waals surface area contributed by atoms with Gasteiger partial charge in [0.05, 0.1) is 6.42 Å². The van der Waals surface area contributed by atoms with Crippen LogP contribution in [0.3, 0.4) is 0 Å². The summed E-state index contributed by atoms with van der Waals surface area (Å²) in [5.41, 5.74) is 8.25. The molecule has 1 aromatic heterocycles. The zero-order valence-electron chi connectivity index (χ0n) is 11.2. The van der Waals surface area contributed by atoms with Crippen LogP contribution in [-0.2, 0) is 16.0 Å². The molecule has 21 heavy (non-hydrogen) atoms. The minimum atomic E-state index is -0.437. The Morgan fingerprint density at radius 3 is 3.05 bits per heavy atom. The van der Waals surface area contributed by atoms with Crippen molar-refractivity contribution in [3.8, 4) is 0 Å². The Balaban J connectivity index is 2.11. The first-order chi connectivity index (χ1) is 10.1. The lowest BCUT2D eigenvalue weighted by Gasteiger charge is -2.14. The minimum Gasteiger partial charge on any atom is -0.381 e. The van der Waals surface area contributed by atoms with Crippen molar-refractivity contribution in [2.45, 2.75) is 12.8 Å². The second-order valence-corrected chi connectivity index (χ2v) is 5.04. The highest BCUT2D eigenvalue weighted by Crippen LogP contribution is 2.21. The summed E-state index contributed by atoms with van der Waals surface area (Å²) in [6.45, 7) is 0.529. The maximum Gasteiger partial charge on any atom is 0.221 e. The smallest absolute Gasteiger partial charge is 0.221 e. The van der Waals surface area contributed by atoms with Gasteiger partial charge < -0.3 is 11.1 Å². The molecule has 1 aliphatic rings. The molecule has 2 rings (SSSR count). The van der Waals surface area contributed by atoms with Gasteiger partial charge in [-0.15, -0.1) is 0 Å². The lowest BCUT2D eigenvalue weighted by Crippen LogP contribution is -2.16. The Labute approximate surface area is 127 Å². The zero-order chi connectivity index (χ0) is 15.2. The number of primary amides is 1. The highest BCUT2D eigenvalue weighted by molar-refractivity contribution is 6.29. The monoisotopic (exact) mass is 303 g/mol. The van der Waals surface area contributed by atoms with E-state index in [0.29, 0.717) is 34.9 Å². The van der Waals surface area contributed by atoms with Crippen LogP contribution in [-0.4, -0.2) is 23.4 Å². The molecule has 0 spiro atoms. The van der Waals surface area contributed by atoms with E-state index in [0.717, 1.165) is 5.57 Å². The summed E-state index contributed by atoms with van der Waals surface area (Å²) in [5, 5.41) is 3.53. The SMILES string of the molecule is NC(=O)Cc1cnc(Cl)cc1NCC1=CC=CC(=C=O)C1. The van der Waals surface area contributed by atoms with Gasteiger partial charge in [0, 0.05) is 36.0 Å². The average molecular weight is 304 g/mol. The number of nitrogens with two attached hydrogens (primary N) is 1. The number of aromatic nitrogens is 1. The number of carbonyl (C=O) groups is 1. The molecule has 0 bridgehead atoms. The van der Waals surface area contributed by atoms with Crippen molar-refractivity contribution in [2.75, 3.05) is 11.9 Å². The second kappa shape index (κ2) is 6.88. The number of allylic oxidation sites excluding steroid dienone is 4. The number of nitrogens with one attached hydrogen (secondary N) is 1. The molecule has 0 saturated carbocycles. The van der Waals surface area contributed by atoms with E-state index < -0.39 is 5.91 Å². The second-order valence-electron chi connectivity index (χ2n) is 4.65. The van der Waals surface area contributed by atoms with Gasteiger partial charge in [-0.05, 0) is 17.7 Å². The van der Waals surface area contributed by atoms with Gasteiger partial charge in [0.1, 0.15) is 11.1 Å². The molecule has 1 aliphatic carbocycles. The van der Waals surface area contributed by atoms with Crippen LogP contribution in [0, 0.1) is 0 Å². The number of carbonyl (C=O) groups excluding carboxylic acids is 2. The Bertz CT molecular complexity index is 673. The predicted octanol–water partition coefficient (Wildman–Crippen LogP) is 1.82. The van der Waals surface area contributed by atoms with Crippen molar-refractivity contribution < 1.29 is 9.59 Å². The van der Waals surface area contributed by atoms with Crippen LogP contribution in [0.25, 0.3) is 0 Å². The molecule has 0 unspecified atom stereocenters. The van der Waals surface area contributed by atoms with E-state index in [2.05, 4.69) is 10.3 Å². The van der Waals surface area contributed by atoms with Gasteiger partial charge in [-0.1, -0.05) is 23.8 Å². The lowest BCUT2D eigenvalue weighted by atomic mass is 10.0. The summed E-state index contributed by atoms with van der Waals surface area (Å²) >= 11 is 5.87. The molecule has 0 aliphatic heterocycles. The number of hydrogen-bond acceptors (Lipinski definition) is 4. The first-order valence-corrected chi connectivity index (χ1v) is 6.73. The maximum absolute atomic E-state index is 11.1. The third-order valence-corrected chi connectivity index (χ3v) is 3.21. The van der Waals surface area contributed by atoms with E-state index in [4.69, 9.17) is 17.3 Å². The van der Waals surface area contributed by atoms with E-state index in [1.807, 2.05) is 18.1 Å². The van der Waals surface area contributed by atoms with Gasteiger partial charge in [-0.3, -0.25) is 4.79 Å². The van der Waals surface area contributed by atoms with Crippen LogP contribution in [0.4, 0.5) is 5.69 Å². The van der Waals surface area contributed by atoms with Gasteiger partial charge in [0.15, 0.2) is 0 Å². The van der Waals surface area contributed by atoms with E-state index in [-0.39, 0.29) is 6.42 Å². The molecule has 0 atom stereocenters. The maximum atomic E-state index is 11.1. The number of rotatable bonds is 5. The van der Waals surface area contributed by atoms with Crippen LogP contribution in [0.5, 0.6) is 0 Å². The third kappa shape index (κ3) is 4.31. The molecule has 1 aromatic rings. The Morgan fingerprint density at radius 2 is 2.33 bits per heavy atom. The first kappa shape index (κ1) is 15.0. The molecule has 1 heterocycles. The summed E-state index contributed by atoms with van der Waals surface area (Å²) in [6, 6.07) is 1.65. The van der Waals surface area contributed by atoms with Gasteiger partial charge in [-0.25, -0.2) is 9.78 Å². The van der Waals surface area contributed by atoms with Crippen molar-refractivity contribution in [3.05, 3.63) is 52.4 Å². The van der Waals surface area contributed by atoms with Crippen LogP contribution >= 0.6 is 11.6 Å². The van der Waals surface area contributed by atoms with Crippen molar-refractivity contribution in [2.24, 2.45) is 5.73 Å². The molecule has 0 fully saturated rings. The molecular weight excluding hydrogens is 290 g/mol. The zero-order valence-corrected chi connectivity index (χ0v) is 12.0. The van der Waals surface area contributed by atoms with Gasteiger partial charge in [-0.2, -0.15) is 0 Å². The molecule has 3 N–H and O–H groups in total. The van der Waals surface area contributed by atoms with E-state index >= 15 is 0 Å². The Hall–Kier alpha value is -2.36. The van der Waals surface area contributed by atoms with Crippen LogP contribution in [0.2, 0.25) is 5.15 Å². The fourth-order valence-corrected chi connectivity index (χ4v) is 2.17. The van der Waals surface area contributed by atoms with Gasteiger partial charge >= 0.3 is 0 Å². The van der Waals surface area contributed by atoms with Crippen LogP contribution in [0.1, 0.15) is 12.0 Å². The molecule has 0 aromatic carbocycles. The average Bonchev–Trinajstić information content (AvgIpc) is 2.47.